The van der Waals surface area contributed by atoms with Crippen LogP contribution in [0.25, 0.3) is 5.76 Å². The first-order chi connectivity index (χ1) is 15.0. The zero-order valence-electron chi connectivity index (χ0n) is 17.6. The summed E-state index contributed by atoms with van der Waals surface area (Å²) >= 11 is 0. The second-order valence-corrected chi connectivity index (χ2v) is 7.79. The number of carbonyl (C=O) groups is 2. The van der Waals surface area contributed by atoms with Crippen LogP contribution >= 0.6 is 0 Å². The van der Waals surface area contributed by atoms with E-state index in [0.717, 1.165) is 6.54 Å². The van der Waals surface area contributed by atoms with Crippen molar-refractivity contribution in [1.29, 1.82) is 0 Å². The third-order valence-electron chi connectivity index (χ3n) is 5.36. The number of aliphatic hydroxyl groups is 1. The number of likely N-dealkylation sites (tertiary alicyclic amines) is 1. The lowest BCUT2D eigenvalue weighted by Crippen LogP contribution is -2.32. The van der Waals surface area contributed by atoms with Gasteiger partial charge in [0.25, 0.3) is 11.7 Å². The molecule has 0 aliphatic carbocycles. The molecule has 3 heterocycles. The maximum Gasteiger partial charge on any atom is 0.295 e. The van der Waals surface area contributed by atoms with Crippen molar-refractivity contribution in [1.82, 2.24) is 14.8 Å². The Morgan fingerprint density at radius 2 is 1.97 bits per heavy atom. The second kappa shape index (κ2) is 8.77. The van der Waals surface area contributed by atoms with E-state index < -0.39 is 17.7 Å². The summed E-state index contributed by atoms with van der Waals surface area (Å²) in [5.41, 5.74) is 1.12. The van der Waals surface area contributed by atoms with E-state index in [9.17, 15) is 14.7 Å². The lowest BCUT2D eigenvalue weighted by Gasteiger charge is -2.25. The van der Waals surface area contributed by atoms with Gasteiger partial charge in [0.2, 0.25) is 0 Å². The van der Waals surface area contributed by atoms with Crippen LogP contribution in [-0.2, 0) is 9.59 Å². The van der Waals surface area contributed by atoms with Crippen LogP contribution < -0.4 is 9.47 Å². The van der Waals surface area contributed by atoms with Gasteiger partial charge in [-0.1, -0.05) is 6.07 Å². The van der Waals surface area contributed by atoms with Crippen LogP contribution in [0.3, 0.4) is 0 Å². The van der Waals surface area contributed by atoms with Crippen LogP contribution in [0.1, 0.15) is 23.6 Å². The molecule has 2 aliphatic rings. The minimum atomic E-state index is -0.705. The summed E-state index contributed by atoms with van der Waals surface area (Å²) in [5, 5.41) is 11.1. The first kappa shape index (κ1) is 20.9. The normalized spacial score (nSPS) is 19.8. The Balaban J connectivity index is 1.76. The van der Waals surface area contributed by atoms with E-state index in [1.807, 2.05) is 19.0 Å². The molecular formula is C23H25N3O5. The number of aromatic nitrogens is 1. The van der Waals surface area contributed by atoms with E-state index in [1.165, 1.54) is 4.90 Å². The Bertz CT molecular complexity index is 1020. The van der Waals surface area contributed by atoms with Crippen molar-refractivity contribution >= 4 is 17.4 Å². The number of ether oxygens (including phenoxy) is 2. The van der Waals surface area contributed by atoms with Gasteiger partial charge in [-0.05, 0) is 56.9 Å². The number of fused-ring (bicyclic) bond motifs is 1. The SMILES string of the molecule is CN(C)CCCN1C(=O)C(=O)/C(=C(/O)c2ccc3c(c2)OCCO3)C1c1cccnc1. The van der Waals surface area contributed by atoms with Crippen molar-refractivity contribution in [2.24, 2.45) is 0 Å². The van der Waals surface area contributed by atoms with E-state index in [0.29, 0.717) is 48.8 Å². The van der Waals surface area contributed by atoms with Crippen molar-refractivity contribution in [3.8, 4) is 11.5 Å². The standard InChI is InChI=1S/C23H25N3O5/c1-25(2)9-4-10-26-20(16-5-3-8-24-14-16)19(22(28)23(26)29)21(27)15-6-7-17-18(13-15)31-12-11-30-17/h3,5-8,13-14,20,27H,4,9-12H2,1-2H3/b21-19+. The molecule has 1 N–H and O–H groups in total. The highest BCUT2D eigenvalue weighted by Gasteiger charge is 2.46. The number of benzene rings is 1. The highest BCUT2D eigenvalue weighted by molar-refractivity contribution is 6.46. The average molecular weight is 423 g/mol. The summed E-state index contributed by atoms with van der Waals surface area (Å²) in [6.07, 6.45) is 3.94. The summed E-state index contributed by atoms with van der Waals surface area (Å²) in [6.45, 7) is 2.02. The van der Waals surface area contributed by atoms with E-state index in [-0.39, 0.29) is 11.3 Å². The molecule has 0 spiro atoms. The zero-order valence-corrected chi connectivity index (χ0v) is 17.6. The summed E-state index contributed by atoms with van der Waals surface area (Å²) in [7, 11) is 3.91. The first-order valence-corrected chi connectivity index (χ1v) is 10.2. The highest BCUT2D eigenvalue weighted by atomic mass is 16.6. The zero-order chi connectivity index (χ0) is 22.0. The van der Waals surface area contributed by atoms with Gasteiger partial charge in [0.1, 0.15) is 19.0 Å². The maximum absolute atomic E-state index is 13.0. The molecular weight excluding hydrogens is 398 g/mol. The Labute approximate surface area is 180 Å². The van der Waals surface area contributed by atoms with Gasteiger partial charge in [0.15, 0.2) is 11.5 Å². The van der Waals surface area contributed by atoms with Gasteiger partial charge in [0.05, 0.1) is 11.6 Å². The molecule has 1 unspecified atom stereocenters. The van der Waals surface area contributed by atoms with Gasteiger partial charge in [-0.3, -0.25) is 14.6 Å². The van der Waals surface area contributed by atoms with Gasteiger partial charge >= 0.3 is 0 Å². The molecule has 1 atom stereocenters. The van der Waals surface area contributed by atoms with Crippen LogP contribution in [0, 0.1) is 0 Å². The van der Waals surface area contributed by atoms with E-state index in [2.05, 4.69) is 4.98 Å². The lowest BCUT2D eigenvalue weighted by molar-refractivity contribution is -0.139. The number of ketones is 1. The minimum absolute atomic E-state index is 0.0551. The van der Waals surface area contributed by atoms with Crippen molar-refractivity contribution in [3.63, 3.8) is 0 Å². The van der Waals surface area contributed by atoms with E-state index in [1.54, 1.807) is 42.7 Å². The molecule has 1 amide bonds. The maximum atomic E-state index is 13.0. The van der Waals surface area contributed by atoms with Crippen LogP contribution in [-0.4, -0.2) is 72.0 Å². The lowest BCUT2D eigenvalue weighted by atomic mass is 9.96. The topological polar surface area (TPSA) is 92.2 Å². The first-order valence-electron chi connectivity index (χ1n) is 10.2. The molecule has 8 heteroatoms. The number of pyridine rings is 1. The van der Waals surface area contributed by atoms with E-state index >= 15 is 0 Å². The molecule has 1 aromatic carbocycles. The predicted molar refractivity (Wildman–Crippen MR) is 114 cm³/mol. The molecule has 0 radical (unpaired) electrons. The highest BCUT2D eigenvalue weighted by Crippen LogP contribution is 2.40. The van der Waals surface area contributed by atoms with Crippen LogP contribution in [0.15, 0.2) is 48.3 Å². The Morgan fingerprint density at radius 3 is 2.68 bits per heavy atom. The van der Waals surface area contributed by atoms with Gasteiger partial charge in [-0.15, -0.1) is 0 Å². The fourth-order valence-corrected chi connectivity index (χ4v) is 3.90. The number of Topliss-reactive ketones (excluding diaryl/α,β-unsaturated/α-hetero) is 1. The Kier molecular flexibility index (Phi) is 5.90. The number of carbonyl (C=O) groups excluding carboxylic acids is 2. The average Bonchev–Trinajstić information content (AvgIpc) is 3.03. The molecule has 1 saturated heterocycles. The number of hydrogen-bond donors (Lipinski definition) is 1. The molecule has 0 bridgehead atoms. The third-order valence-corrected chi connectivity index (χ3v) is 5.36. The van der Waals surface area contributed by atoms with Crippen LogP contribution in [0.2, 0.25) is 0 Å². The van der Waals surface area contributed by atoms with Crippen molar-refractivity contribution in [2.45, 2.75) is 12.5 Å². The van der Waals surface area contributed by atoms with Crippen LogP contribution in [0.4, 0.5) is 0 Å². The molecule has 2 aromatic rings. The van der Waals surface area contributed by atoms with Gasteiger partial charge in [0, 0.05) is 24.5 Å². The summed E-state index contributed by atoms with van der Waals surface area (Å²) in [5.74, 6) is -0.485. The fourth-order valence-electron chi connectivity index (χ4n) is 3.90. The second-order valence-electron chi connectivity index (χ2n) is 7.79. The number of amides is 1. The Morgan fingerprint density at radius 1 is 1.19 bits per heavy atom. The number of hydrogen-bond acceptors (Lipinski definition) is 7. The van der Waals surface area contributed by atoms with Crippen molar-refractivity contribution in [3.05, 3.63) is 59.4 Å². The monoisotopic (exact) mass is 423 g/mol. The van der Waals surface area contributed by atoms with Gasteiger partial charge in [-0.25, -0.2) is 0 Å². The van der Waals surface area contributed by atoms with Crippen molar-refractivity contribution < 1.29 is 24.2 Å². The number of rotatable bonds is 6. The Hall–Kier alpha value is -3.39. The molecule has 4 rings (SSSR count). The summed E-state index contributed by atoms with van der Waals surface area (Å²) in [4.78, 5) is 33.6. The minimum Gasteiger partial charge on any atom is -0.507 e. The van der Waals surface area contributed by atoms with Crippen molar-refractivity contribution in [2.75, 3.05) is 40.4 Å². The van der Waals surface area contributed by atoms with E-state index in [4.69, 9.17) is 9.47 Å². The van der Waals surface area contributed by atoms with Gasteiger partial charge in [-0.2, -0.15) is 0 Å². The smallest absolute Gasteiger partial charge is 0.295 e. The molecule has 2 aliphatic heterocycles. The fraction of sp³-hybridized carbons (Fsp3) is 0.348. The van der Waals surface area contributed by atoms with Gasteiger partial charge < -0.3 is 24.4 Å². The molecule has 0 saturated carbocycles. The molecule has 1 fully saturated rings. The molecule has 1 aromatic heterocycles. The third kappa shape index (κ3) is 4.11. The van der Waals surface area contributed by atoms with Crippen LogP contribution in [0.5, 0.6) is 11.5 Å². The number of nitrogens with zero attached hydrogens (tertiary/aromatic N) is 3. The molecule has 8 nitrogen and oxygen atoms in total. The molecule has 31 heavy (non-hydrogen) atoms. The predicted octanol–water partition coefficient (Wildman–Crippen LogP) is 2.23. The molecule has 162 valence electrons. The number of aliphatic hydroxyl groups excluding tert-OH is 1. The largest absolute Gasteiger partial charge is 0.507 e. The summed E-state index contributed by atoms with van der Waals surface area (Å²) < 4.78 is 11.1. The summed E-state index contributed by atoms with van der Waals surface area (Å²) in [6, 6.07) is 7.82. The quantitative estimate of drug-likeness (QED) is 0.433.